The van der Waals surface area contributed by atoms with Crippen molar-refractivity contribution in [2.24, 2.45) is 0 Å². The zero-order chi connectivity index (χ0) is 15.8. The normalized spacial score (nSPS) is 10.5. The number of carbonyl (C=O) groups is 1. The highest BCUT2D eigenvalue weighted by atomic mass is 35.5. The number of rotatable bonds is 7. The molecule has 0 radical (unpaired) electrons. The van der Waals surface area contributed by atoms with E-state index in [1.165, 1.54) is 12.1 Å². The summed E-state index contributed by atoms with van der Waals surface area (Å²) in [7, 11) is 0. The lowest BCUT2D eigenvalue weighted by molar-refractivity contribution is -0.120. The first-order valence-electron chi connectivity index (χ1n) is 6.97. The third kappa shape index (κ3) is 5.70. The number of carbonyl (C=O) groups excluding carboxylic acids is 1. The van der Waals surface area contributed by atoms with Crippen molar-refractivity contribution in [3.63, 3.8) is 0 Å². The van der Waals surface area contributed by atoms with E-state index in [1.54, 1.807) is 23.9 Å². The number of benzene rings is 2. The van der Waals surface area contributed by atoms with Crippen molar-refractivity contribution in [3.05, 3.63) is 70.5 Å². The van der Waals surface area contributed by atoms with Crippen molar-refractivity contribution in [3.8, 4) is 0 Å². The lowest BCUT2D eigenvalue weighted by atomic mass is 10.2. The van der Waals surface area contributed by atoms with Crippen molar-refractivity contribution in [1.82, 2.24) is 5.32 Å². The van der Waals surface area contributed by atoms with Gasteiger partial charge in [-0.1, -0.05) is 41.9 Å². The molecule has 0 aliphatic carbocycles. The fourth-order valence-corrected chi connectivity index (χ4v) is 3.08. The van der Waals surface area contributed by atoms with Gasteiger partial charge in [-0.05, 0) is 29.3 Å². The molecule has 0 aliphatic rings. The van der Waals surface area contributed by atoms with Crippen LogP contribution in [0.1, 0.15) is 17.5 Å². The van der Waals surface area contributed by atoms with Crippen molar-refractivity contribution in [2.45, 2.75) is 18.7 Å². The van der Waals surface area contributed by atoms with Gasteiger partial charge in [0.05, 0.1) is 0 Å². The molecule has 116 valence electrons. The van der Waals surface area contributed by atoms with Gasteiger partial charge in [-0.2, -0.15) is 11.8 Å². The molecule has 2 nitrogen and oxygen atoms in total. The zero-order valence-corrected chi connectivity index (χ0v) is 13.6. The third-order valence-corrected chi connectivity index (χ3v) is 4.47. The topological polar surface area (TPSA) is 29.1 Å². The van der Waals surface area contributed by atoms with E-state index in [0.717, 1.165) is 27.7 Å². The van der Waals surface area contributed by atoms with Gasteiger partial charge < -0.3 is 5.32 Å². The van der Waals surface area contributed by atoms with Crippen molar-refractivity contribution >= 4 is 29.3 Å². The van der Waals surface area contributed by atoms with E-state index in [2.05, 4.69) is 5.32 Å². The van der Waals surface area contributed by atoms with Gasteiger partial charge in [0.1, 0.15) is 5.82 Å². The van der Waals surface area contributed by atoms with Crippen LogP contribution >= 0.6 is 23.4 Å². The Morgan fingerprint density at radius 2 is 1.86 bits per heavy atom. The summed E-state index contributed by atoms with van der Waals surface area (Å²) in [4.78, 5) is 11.7. The van der Waals surface area contributed by atoms with Crippen molar-refractivity contribution < 1.29 is 9.18 Å². The molecule has 0 aromatic heterocycles. The van der Waals surface area contributed by atoms with Gasteiger partial charge in [0.2, 0.25) is 5.91 Å². The molecule has 0 atom stereocenters. The number of thioether (sulfide) groups is 1. The predicted octanol–water partition coefficient (Wildman–Crippen LogP) is 4.42. The summed E-state index contributed by atoms with van der Waals surface area (Å²) in [5.74, 6) is 1.26. The summed E-state index contributed by atoms with van der Waals surface area (Å²) in [6, 6.07) is 13.8. The largest absolute Gasteiger partial charge is 0.352 e. The predicted molar refractivity (Wildman–Crippen MR) is 90.5 cm³/mol. The fraction of sp³-hybridized carbons (Fsp3) is 0.235. The Labute approximate surface area is 139 Å². The smallest absolute Gasteiger partial charge is 0.221 e. The second kappa shape index (κ2) is 8.81. The highest BCUT2D eigenvalue weighted by Gasteiger charge is 2.03. The van der Waals surface area contributed by atoms with Gasteiger partial charge in [-0.25, -0.2) is 4.39 Å². The van der Waals surface area contributed by atoms with Gasteiger partial charge in [-0.3, -0.25) is 4.79 Å². The maximum Gasteiger partial charge on any atom is 0.221 e. The molecule has 1 amide bonds. The van der Waals surface area contributed by atoms with Crippen LogP contribution in [0.2, 0.25) is 5.02 Å². The van der Waals surface area contributed by atoms with Crippen LogP contribution in [-0.2, 0) is 17.1 Å². The summed E-state index contributed by atoms with van der Waals surface area (Å²) in [6.45, 7) is 0.425. The van der Waals surface area contributed by atoms with E-state index >= 15 is 0 Å². The first-order valence-corrected chi connectivity index (χ1v) is 8.51. The van der Waals surface area contributed by atoms with E-state index in [-0.39, 0.29) is 11.7 Å². The number of hydrogen-bond acceptors (Lipinski definition) is 2. The highest BCUT2D eigenvalue weighted by Crippen LogP contribution is 2.20. The monoisotopic (exact) mass is 337 g/mol. The molecule has 22 heavy (non-hydrogen) atoms. The van der Waals surface area contributed by atoms with Crippen LogP contribution in [0.15, 0.2) is 48.5 Å². The molecule has 0 unspecified atom stereocenters. The number of nitrogens with one attached hydrogen (secondary N) is 1. The number of hydrogen-bond donors (Lipinski definition) is 1. The number of amides is 1. The van der Waals surface area contributed by atoms with Gasteiger partial charge >= 0.3 is 0 Å². The second-order valence-corrected chi connectivity index (χ2v) is 6.31. The van der Waals surface area contributed by atoms with E-state index in [4.69, 9.17) is 11.6 Å². The van der Waals surface area contributed by atoms with Crippen LogP contribution in [0.25, 0.3) is 0 Å². The lowest BCUT2D eigenvalue weighted by Gasteiger charge is -2.06. The Morgan fingerprint density at radius 1 is 1.14 bits per heavy atom. The minimum absolute atomic E-state index is 0.00372. The van der Waals surface area contributed by atoms with Crippen LogP contribution < -0.4 is 5.32 Å². The first kappa shape index (κ1) is 16.8. The van der Waals surface area contributed by atoms with Crippen molar-refractivity contribution in [1.29, 1.82) is 0 Å². The molecule has 0 spiro atoms. The molecule has 0 heterocycles. The van der Waals surface area contributed by atoms with Crippen LogP contribution in [-0.4, -0.2) is 11.7 Å². The van der Waals surface area contributed by atoms with Crippen LogP contribution in [0.4, 0.5) is 4.39 Å². The number of halogens is 2. The Bertz CT molecular complexity index is 618. The Morgan fingerprint density at radius 3 is 2.59 bits per heavy atom. The minimum Gasteiger partial charge on any atom is -0.352 e. The van der Waals surface area contributed by atoms with Crippen LogP contribution in [0.3, 0.4) is 0 Å². The highest BCUT2D eigenvalue weighted by molar-refractivity contribution is 7.98. The maximum atomic E-state index is 12.8. The molecule has 0 aliphatic heterocycles. The van der Waals surface area contributed by atoms with E-state index in [0.29, 0.717) is 13.0 Å². The van der Waals surface area contributed by atoms with Crippen LogP contribution in [0.5, 0.6) is 0 Å². The van der Waals surface area contributed by atoms with Gasteiger partial charge in [-0.15, -0.1) is 0 Å². The SMILES string of the molecule is O=C(CCSCc1ccccc1Cl)NCc1ccc(F)cc1. The fourth-order valence-electron chi connectivity index (χ4n) is 1.85. The molecule has 0 saturated heterocycles. The molecule has 2 aromatic carbocycles. The Balaban J connectivity index is 1.64. The summed E-state index contributed by atoms with van der Waals surface area (Å²) in [6.07, 6.45) is 0.455. The quantitative estimate of drug-likeness (QED) is 0.758. The molecule has 0 bridgehead atoms. The summed E-state index contributed by atoms with van der Waals surface area (Å²) in [5, 5.41) is 3.59. The minimum atomic E-state index is -0.272. The summed E-state index contributed by atoms with van der Waals surface area (Å²) >= 11 is 7.75. The van der Waals surface area contributed by atoms with Gasteiger partial charge in [0.25, 0.3) is 0 Å². The van der Waals surface area contributed by atoms with Gasteiger partial charge in [0, 0.05) is 29.5 Å². The van der Waals surface area contributed by atoms with Crippen molar-refractivity contribution in [2.75, 3.05) is 5.75 Å². The molecular formula is C17H17ClFNOS. The van der Waals surface area contributed by atoms with E-state index < -0.39 is 0 Å². The molecule has 2 aromatic rings. The van der Waals surface area contributed by atoms with E-state index in [1.807, 2.05) is 24.3 Å². The molecule has 2 rings (SSSR count). The second-order valence-electron chi connectivity index (χ2n) is 4.80. The molecule has 0 saturated carbocycles. The van der Waals surface area contributed by atoms with Crippen LogP contribution in [0, 0.1) is 5.82 Å². The molecular weight excluding hydrogens is 321 g/mol. The molecule has 0 fully saturated rings. The maximum absolute atomic E-state index is 12.8. The average molecular weight is 338 g/mol. The third-order valence-electron chi connectivity index (χ3n) is 3.09. The standard InChI is InChI=1S/C17H17ClFNOS/c18-16-4-2-1-3-14(16)12-22-10-9-17(21)20-11-13-5-7-15(19)8-6-13/h1-8H,9-12H2,(H,20,21). The summed E-state index contributed by atoms with van der Waals surface area (Å²) in [5.41, 5.74) is 1.97. The van der Waals surface area contributed by atoms with Gasteiger partial charge in [0.15, 0.2) is 0 Å². The Kier molecular flexibility index (Phi) is 6.74. The summed E-state index contributed by atoms with van der Waals surface area (Å²) < 4.78 is 12.8. The molecule has 1 N–H and O–H groups in total. The first-order chi connectivity index (χ1) is 10.6. The lowest BCUT2D eigenvalue weighted by Crippen LogP contribution is -2.23. The Hall–Kier alpha value is -1.52. The molecule has 5 heteroatoms. The average Bonchev–Trinajstić information content (AvgIpc) is 2.52. The van der Waals surface area contributed by atoms with E-state index in [9.17, 15) is 9.18 Å². The zero-order valence-electron chi connectivity index (χ0n) is 12.0.